The number of imidazole rings is 1. The molecule has 2 rings (SSSR count). The van der Waals surface area contributed by atoms with Gasteiger partial charge in [-0.3, -0.25) is 0 Å². The predicted molar refractivity (Wildman–Crippen MR) is 90.5 cm³/mol. The highest BCUT2D eigenvalue weighted by atomic mass is 15.1. The lowest BCUT2D eigenvalue weighted by molar-refractivity contribution is 0.313. The van der Waals surface area contributed by atoms with Gasteiger partial charge in [-0.15, -0.1) is 0 Å². The first-order valence-corrected chi connectivity index (χ1v) is 7.93. The third-order valence-electron chi connectivity index (χ3n) is 4.31. The van der Waals surface area contributed by atoms with Crippen LogP contribution in [0.3, 0.4) is 0 Å². The molecule has 1 N–H and O–H groups in total. The van der Waals surface area contributed by atoms with E-state index in [-0.39, 0.29) is 5.54 Å². The van der Waals surface area contributed by atoms with Crippen LogP contribution in [0.1, 0.15) is 40.4 Å². The highest BCUT2D eigenvalue weighted by molar-refractivity contribution is 5.75. The van der Waals surface area contributed by atoms with Crippen molar-refractivity contribution < 1.29 is 0 Å². The zero-order valence-corrected chi connectivity index (χ0v) is 14.3. The van der Waals surface area contributed by atoms with Crippen molar-refractivity contribution in [1.29, 1.82) is 0 Å². The molecular weight excluding hydrogens is 258 g/mol. The largest absolute Gasteiger partial charge is 0.331 e. The second-order valence-corrected chi connectivity index (χ2v) is 7.37. The van der Waals surface area contributed by atoms with Crippen molar-refractivity contribution in [3.63, 3.8) is 0 Å². The average Bonchev–Trinajstić information content (AvgIpc) is 2.72. The van der Waals surface area contributed by atoms with E-state index < -0.39 is 0 Å². The molecule has 1 aromatic carbocycles. The summed E-state index contributed by atoms with van der Waals surface area (Å²) >= 11 is 0. The second kappa shape index (κ2) is 6.18. The fourth-order valence-electron chi connectivity index (χ4n) is 2.54. The van der Waals surface area contributed by atoms with Crippen molar-refractivity contribution in [2.75, 3.05) is 6.54 Å². The lowest BCUT2D eigenvalue weighted by Crippen LogP contribution is -2.40. The topological polar surface area (TPSA) is 29.9 Å². The summed E-state index contributed by atoms with van der Waals surface area (Å²) in [4.78, 5) is 4.79. The summed E-state index contributed by atoms with van der Waals surface area (Å²) in [5.41, 5.74) is 2.51. The Labute approximate surface area is 128 Å². The fraction of sp³-hybridized carbons (Fsp3) is 0.611. The first-order valence-electron chi connectivity index (χ1n) is 7.93. The molecule has 1 heterocycles. The van der Waals surface area contributed by atoms with Crippen LogP contribution in [0.15, 0.2) is 24.3 Å². The Morgan fingerprint density at radius 1 is 1.14 bits per heavy atom. The quantitative estimate of drug-likeness (QED) is 0.907. The number of hydrogen-bond donors (Lipinski definition) is 1. The number of para-hydroxylation sites is 2. The Morgan fingerprint density at radius 3 is 2.43 bits per heavy atom. The second-order valence-electron chi connectivity index (χ2n) is 7.37. The Balaban J connectivity index is 2.04. The zero-order chi connectivity index (χ0) is 15.6. The molecule has 0 aliphatic carbocycles. The summed E-state index contributed by atoms with van der Waals surface area (Å²) in [6.07, 6.45) is 1.03. The SMILES string of the molecule is CC(CNC(C)(C)C)C(C)Cc1nc2ccccc2n1C. The van der Waals surface area contributed by atoms with Crippen molar-refractivity contribution >= 4 is 11.0 Å². The molecular formula is C18H29N3. The molecule has 3 nitrogen and oxygen atoms in total. The van der Waals surface area contributed by atoms with Crippen LogP contribution in [-0.2, 0) is 13.5 Å². The molecule has 3 heteroatoms. The smallest absolute Gasteiger partial charge is 0.109 e. The number of aryl methyl sites for hydroxylation is 1. The monoisotopic (exact) mass is 287 g/mol. The van der Waals surface area contributed by atoms with Crippen molar-refractivity contribution in [2.24, 2.45) is 18.9 Å². The van der Waals surface area contributed by atoms with E-state index in [4.69, 9.17) is 4.98 Å². The number of nitrogens with one attached hydrogen (secondary N) is 1. The van der Waals surface area contributed by atoms with E-state index in [1.807, 2.05) is 0 Å². The van der Waals surface area contributed by atoms with E-state index in [0.717, 1.165) is 18.5 Å². The van der Waals surface area contributed by atoms with Crippen LogP contribution in [-0.4, -0.2) is 21.6 Å². The van der Waals surface area contributed by atoms with Crippen molar-refractivity contribution in [2.45, 2.75) is 46.6 Å². The molecule has 116 valence electrons. The maximum Gasteiger partial charge on any atom is 0.109 e. The summed E-state index contributed by atoms with van der Waals surface area (Å²) in [5.74, 6) is 2.42. The molecule has 21 heavy (non-hydrogen) atoms. The van der Waals surface area contributed by atoms with E-state index in [2.05, 4.69) is 75.8 Å². The number of benzene rings is 1. The minimum Gasteiger partial charge on any atom is -0.331 e. The summed E-state index contributed by atoms with van der Waals surface area (Å²) in [5, 5.41) is 3.60. The van der Waals surface area contributed by atoms with Gasteiger partial charge >= 0.3 is 0 Å². The molecule has 1 aromatic heterocycles. The van der Waals surface area contributed by atoms with Gasteiger partial charge in [0.25, 0.3) is 0 Å². The summed E-state index contributed by atoms with van der Waals surface area (Å²) in [6, 6.07) is 8.36. The van der Waals surface area contributed by atoms with Gasteiger partial charge in [-0.25, -0.2) is 4.98 Å². The molecule has 2 unspecified atom stereocenters. The van der Waals surface area contributed by atoms with Gasteiger partial charge in [0.1, 0.15) is 5.82 Å². The number of hydrogen-bond acceptors (Lipinski definition) is 2. The minimum absolute atomic E-state index is 0.186. The summed E-state index contributed by atoms with van der Waals surface area (Å²) < 4.78 is 2.23. The molecule has 2 aromatic rings. The zero-order valence-electron chi connectivity index (χ0n) is 14.3. The van der Waals surface area contributed by atoms with Crippen molar-refractivity contribution in [3.05, 3.63) is 30.1 Å². The lowest BCUT2D eigenvalue weighted by Gasteiger charge is -2.26. The Bertz CT molecular complexity index is 592. The molecule has 2 atom stereocenters. The normalized spacial score (nSPS) is 15.3. The average molecular weight is 287 g/mol. The molecule has 0 saturated heterocycles. The third-order valence-corrected chi connectivity index (χ3v) is 4.31. The van der Waals surface area contributed by atoms with Gasteiger partial charge in [0.15, 0.2) is 0 Å². The maximum atomic E-state index is 4.79. The van der Waals surface area contributed by atoms with Crippen molar-refractivity contribution in [3.8, 4) is 0 Å². The van der Waals surface area contributed by atoms with Crippen LogP contribution in [0, 0.1) is 11.8 Å². The Kier molecular flexibility index (Phi) is 4.72. The first-order chi connectivity index (χ1) is 9.78. The van der Waals surface area contributed by atoms with Crippen LogP contribution in [0.4, 0.5) is 0 Å². The van der Waals surface area contributed by atoms with E-state index in [1.54, 1.807) is 0 Å². The van der Waals surface area contributed by atoms with E-state index in [1.165, 1.54) is 11.3 Å². The Hall–Kier alpha value is -1.35. The molecule has 0 radical (unpaired) electrons. The summed E-state index contributed by atoms with van der Waals surface area (Å²) in [6.45, 7) is 12.4. The molecule has 0 aliphatic rings. The van der Waals surface area contributed by atoms with Gasteiger partial charge in [-0.2, -0.15) is 0 Å². The molecule has 0 saturated carbocycles. The van der Waals surface area contributed by atoms with E-state index in [0.29, 0.717) is 11.8 Å². The molecule has 0 bridgehead atoms. The van der Waals surface area contributed by atoms with Gasteiger partial charge in [0, 0.05) is 19.0 Å². The third kappa shape index (κ3) is 4.07. The van der Waals surface area contributed by atoms with Gasteiger partial charge in [0.2, 0.25) is 0 Å². The van der Waals surface area contributed by atoms with E-state index >= 15 is 0 Å². The lowest BCUT2D eigenvalue weighted by atomic mass is 9.91. The van der Waals surface area contributed by atoms with Gasteiger partial charge in [-0.05, 0) is 51.3 Å². The molecule has 0 aliphatic heterocycles. The maximum absolute atomic E-state index is 4.79. The predicted octanol–water partition coefficient (Wildman–Crippen LogP) is 3.78. The highest BCUT2D eigenvalue weighted by Crippen LogP contribution is 2.20. The van der Waals surface area contributed by atoms with Crippen LogP contribution in [0.2, 0.25) is 0 Å². The Morgan fingerprint density at radius 2 is 1.81 bits per heavy atom. The number of rotatable bonds is 5. The van der Waals surface area contributed by atoms with Crippen LogP contribution < -0.4 is 5.32 Å². The summed E-state index contributed by atoms with van der Waals surface area (Å²) in [7, 11) is 2.12. The van der Waals surface area contributed by atoms with Gasteiger partial charge in [-0.1, -0.05) is 26.0 Å². The van der Waals surface area contributed by atoms with Gasteiger partial charge in [0.05, 0.1) is 11.0 Å². The van der Waals surface area contributed by atoms with Crippen LogP contribution in [0.5, 0.6) is 0 Å². The molecule has 0 fully saturated rings. The van der Waals surface area contributed by atoms with Gasteiger partial charge < -0.3 is 9.88 Å². The fourth-order valence-corrected chi connectivity index (χ4v) is 2.54. The van der Waals surface area contributed by atoms with E-state index in [9.17, 15) is 0 Å². The first kappa shape index (κ1) is 16.0. The highest BCUT2D eigenvalue weighted by Gasteiger charge is 2.18. The number of fused-ring (bicyclic) bond motifs is 1. The molecule has 0 spiro atoms. The minimum atomic E-state index is 0.186. The molecule has 0 amide bonds. The van der Waals surface area contributed by atoms with Crippen LogP contribution in [0.25, 0.3) is 11.0 Å². The van der Waals surface area contributed by atoms with Crippen molar-refractivity contribution in [1.82, 2.24) is 14.9 Å². The standard InChI is InChI=1S/C18H29N3/c1-13(14(2)12-19-18(3,4)5)11-17-20-15-9-7-8-10-16(15)21(17)6/h7-10,13-14,19H,11-12H2,1-6H3. The number of nitrogens with zero attached hydrogens (tertiary/aromatic N) is 2. The number of aromatic nitrogens is 2. The van der Waals surface area contributed by atoms with Crippen LogP contribution >= 0.6 is 0 Å².